The van der Waals surface area contributed by atoms with Gasteiger partial charge in [0.2, 0.25) is 0 Å². The van der Waals surface area contributed by atoms with Crippen molar-refractivity contribution in [1.29, 1.82) is 0 Å². The number of rotatable bonds is 5. The highest BCUT2D eigenvalue weighted by atomic mass is 35.5. The molecule has 2 amide bonds. The number of alkyl halides is 1. The molecule has 1 aromatic carbocycles. The minimum absolute atomic E-state index is 0.158. The standard InChI is InChI=1S/C12H17ClN2O/c1-10-4-2-3-5-11(10)6-8-14-12(16)15-9-7-13/h2-5H,6-9H2,1H3,(H2,14,15,16). The molecule has 2 N–H and O–H groups in total. The first-order valence-electron chi connectivity index (χ1n) is 5.36. The lowest BCUT2D eigenvalue weighted by Crippen LogP contribution is -2.37. The lowest BCUT2D eigenvalue weighted by Gasteiger charge is -2.07. The molecule has 0 aliphatic carbocycles. The van der Waals surface area contributed by atoms with E-state index in [2.05, 4.69) is 29.7 Å². The molecular formula is C12H17ClN2O. The Kier molecular flexibility index (Phi) is 5.72. The van der Waals surface area contributed by atoms with E-state index >= 15 is 0 Å². The first-order chi connectivity index (χ1) is 7.74. The molecule has 0 radical (unpaired) electrons. The van der Waals surface area contributed by atoms with E-state index in [-0.39, 0.29) is 6.03 Å². The number of benzene rings is 1. The maximum absolute atomic E-state index is 11.2. The predicted octanol–water partition coefficient (Wildman–Crippen LogP) is 2.08. The average Bonchev–Trinajstić information content (AvgIpc) is 2.29. The zero-order valence-electron chi connectivity index (χ0n) is 9.42. The molecule has 3 nitrogen and oxygen atoms in total. The van der Waals surface area contributed by atoms with Crippen LogP contribution in [0, 0.1) is 6.92 Å². The number of carbonyl (C=O) groups excluding carboxylic acids is 1. The van der Waals surface area contributed by atoms with E-state index in [1.807, 2.05) is 12.1 Å². The number of urea groups is 1. The molecule has 0 heterocycles. The van der Waals surface area contributed by atoms with Crippen LogP contribution in [0.2, 0.25) is 0 Å². The molecule has 0 aliphatic rings. The number of hydrogen-bond acceptors (Lipinski definition) is 1. The van der Waals surface area contributed by atoms with Gasteiger partial charge in [0.25, 0.3) is 0 Å². The summed E-state index contributed by atoms with van der Waals surface area (Å²) in [7, 11) is 0. The summed E-state index contributed by atoms with van der Waals surface area (Å²) in [6.45, 7) is 3.21. The summed E-state index contributed by atoms with van der Waals surface area (Å²) in [5.41, 5.74) is 2.52. The topological polar surface area (TPSA) is 41.1 Å². The number of nitrogens with one attached hydrogen (secondary N) is 2. The fraction of sp³-hybridized carbons (Fsp3) is 0.417. The van der Waals surface area contributed by atoms with Gasteiger partial charge in [0.15, 0.2) is 0 Å². The molecule has 0 bridgehead atoms. The van der Waals surface area contributed by atoms with E-state index in [1.54, 1.807) is 0 Å². The Labute approximate surface area is 101 Å². The Morgan fingerprint density at radius 1 is 1.25 bits per heavy atom. The molecule has 16 heavy (non-hydrogen) atoms. The molecule has 0 fully saturated rings. The second-order valence-electron chi connectivity index (χ2n) is 3.55. The molecule has 1 rings (SSSR count). The minimum Gasteiger partial charge on any atom is -0.338 e. The van der Waals surface area contributed by atoms with Gasteiger partial charge in [-0.25, -0.2) is 4.79 Å². The van der Waals surface area contributed by atoms with Gasteiger partial charge < -0.3 is 10.6 Å². The molecule has 1 aromatic rings. The van der Waals surface area contributed by atoms with Gasteiger partial charge >= 0.3 is 6.03 Å². The summed E-state index contributed by atoms with van der Waals surface area (Å²) in [6.07, 6.45) is 0.848. The van der Waals surface area contributed by atoms with Crippen molar-refractivity contribution < 1.29 is 4.79 Å². The van der Waals surface area contributed by atoms with E-state index in [9.17, 15) is 4.79 Å². The van der Waals surface area contributed by atoms with E-state index in [4.69, 9.17) is 11.6 Å². The molecule has 0 atom stereocenters. The lowest BCUT2D eigenvalue weighted by atomic mass is 10.1. The minimum atomic E-state index is -0.158. The fourth-order valence-corrected chi connectivity index (χ4v) is 1.52. The zero-order chi connectivity index (χ0) is 11.8. The zero-order valence-corrected chi connectivity index (χ0v) is 10.2. The Bertz CT molecular complexity index is 342. The summed E-state index contributed by atoms with van der Waals surface area (Å²) in [6, 6.07) is 8.01. The van der Waals surface area contributed by atoms with Crippen LogP contribution in [0.1, 0.15) is 11.1 Å². The Morgan fingerprint density at radius 2 is 1.94 bits per heavy atom. The molecule has 0 unspecified atom stereocenters. The molecule has 0 aliphatic heterocycles. The van der Waals surface area contributed by atoms with Gasteiger partial charge in [-0.05, 0) is 24.5 Å². The third-order valence-electron chi connectivity index (χ3n) is 2.32. The lowest BCUT2D eigenvalue weighted by molar-refractivity contribution is 0.241. The highest BCUT2D eigenvalue weighted by molar-refractivity contribution is 6.18. The van der Waals surface area contributed by atoms with Gasteiger partial charge in [-0.15, -0.1) is 11.6 Å². The van der Waals surface area contributed by atoms with Crippen molar-refractivity contribution >= 4 is 17.6 Å². The van der Waals surface area contributed by atoms with Crippen molar-refractivity contribution in [2.75, 3.05) is 19.0 Å². The quantitative estimate of drug-likeness (QED) is 0.761. The number of aryl methyl sites for hydroxylation is 1. The summed E-state index contributed by atoms with van der Waals surface area (Å²) in [5, 5.41) is 5.44. The maximum atomic E-state index is 11.2. The van der Waals surface area contributed by atoms with Gasteiger partial charge in [0.05, 0.1) is 0 Å². The highest BCUT2D eigenvalue weighted by Crippen LogP contribution is 2.06. The second kappa shape index (κ2) is 7.12. The van der Waals surface area contributed by atoms with Crippen LogP contribution in [0.4, 0.5) is 4.79 Å². The number of halogens is 1. The smallest absolute Gasteiger partial charge is 0.314 e. The SMILES string of the molecule is Cc1ccccc1CCNC(=O)NCCCl. The monoisotopic (exact) mass is 240 g/mol. The fourth-order valence-electron chi connectivity index (χ4n) is 1.42. The third kappa shape index (κ3) is 4.53. The molecule has 88 valence electrons. The van der Waals surface area contributed by atoms with Crippen LogP contribution in [0.15, 0.2) is 24.3 Å². The molecule has 0 saturated carbocycles. The third-order valence-corrected chi connectivity index (χ3v) is 2.51. The molecule has 0 saturated heterocycles. The van der Waals surface area contributed by atoms with Crippen molar-refractivity contribution in [1.82, 2.24) is 10.6 Å². The summed E-state index contributed by atoms with van der Waals surface area (Å²) < 4.78 is 0. The Hall–Kier alpha value is -1.22. The van der Waals surface area contributed by atoms with E-state index in [0.717, 1.165) is 6.42 Å². The number of carbonyl (C=O) groups is 1. The van der Waals surface area contributed by atoms with Crippen molar-refractivity contribution in [3.63, 3.8) is 0 Å². The van der Waals surface area contributed by atoms with Crippen molar-refractivity contribution in [3.05, 3.63) is 35.4 Å². The second-order valence-corrected chi connectivity index (χ2v) is 3.93. The van der Waals surface area contributed by atoms with Crippen LogP contribution in [0.25, 0.3) is 0 Å². The van der Waals surface area contributed by atoms with Gasteiger partial charge in [0.1, 0.15) is 0 Å². The van der Waals surface area contributed by atoms with E-state index < -0.39 is 0 Å². The maximum Gasteiger partial charge on any atom is 0.314 e. The van der Waals surface area contributed by atoms with E-state index in [1.165, 1.54) is 11.1 Å². The normalized spacial score (nSPS) is 9.88. The molecular weight excluding hydrogens is 224 g/mol. The number of amides is 2. The summed E-state index contributed by atoms with van der Waals surface area (Å²) in [5.74, 6) is 0.436. The van der Waals surface area contributed by atoms with Crippen molar-refractivity contribution in [2.45, 2.75) is 13.3 Å². The van der Waals surface area contributed by atoms with Crippen LogP contribution >= 0.6 is 11.6 Å². The van der Waals surface area contributed by atoms with Crippen LogP contribution in [-0.4, -0.2) is 25.0 Å². The first kappa shape index (κ1) is 12.8. The largest absolute Gasteiger partial charge is 0.338 e. The Balaban J connectivity index is 2.25. The number of hydrogen-bond donors (Lipinski definition) is 2. The molecule has 0 aromatic heterocycles. The molecule has 0 spiro atoms. The van der Waals surface area contributed by atoms with Crippen LogP contribution in [0.5, 0.6) is 0 Å². The van der Waals surface area contributed by atoms with Gasteiger partial charge in [-0.1, -0.05) is 24.3 Å². The van der Waals surface area contributed by atoms with Gasteiger partial charge in [-0.3, -0.25) is 0 Å². The Morgan fingerprint density at radius 3 is 2.62 bits per heavy atom. The average molecular weight is 241 g/mol. The van der Waals surface area contributed by atoms with Crippen LogP contribution in [0.3, 0.4) is 0 Å². The van der Waals surface area contributed by atoms with Crippen LogP contribution in [-0.2, 0) is 6.42 Å². The highest BCUT2D eigenvalue weighted by Gasteiger charge is 2.00. The molecule has 4 heteroatoms. The first-order valence-corrected chi connectivity index (χ1v) is 5.89. The van der Waals surface area contributed by atoms with Crippen molar-refractivity contribution in [2.24, 2.45) is 0 Å². The predicted molar refractivity (Wildman–Crippen MR) is 67.0 cm³/mol. The van der Waals surface area contributed by atoms with Gasteiger partial charge in [-0.2, -0.15) is 0 Å². The summed E-state index contributed by atoms with van der Waals surface area (Å²) in [4.78, 5) is 11.2. The van der Waals surface area contributed by atoms with Crippen LogP contribution < -0.4 is 10.6 Å². The van der Waals surface area contributed by atoms with Crippen molar-refractivity contribution in [3.8, 4) is 0 Å². The van der Waals surface area contributed by atoms with E-state index in [0.29, 0.717) is 19.0 Å². The summed E-state index contributed by atoms with van der Waals surface area (Å²) >= 11 is 5.45. The van der Waals surface area contributed by atoms with Gasteiger partial charge in [0, 0.05) is 19.0 Å².